The van der Waals surface area contributed by atoms with E-state index in [0.29, 0.717) is 20.0 Å². The minimum absolute atomic E-state index is 0.296. The lowest BCUT2D eigenvalue weighted by atomic mass is 10.2. The van der Waals surface area contributed by atoms with Crippen molar-refractivity contribution in [1.82, 2.24) is 4.98 Å². The normalized spacial score (nSPS) is 12.4. The fourth-order valence-corrected chi connectivity index (χ4v) is 2.16. The number of aromatic nitrogens is 1. The standard InChI is InChI=1S/C16H18N2O3/c1-2-17-16-8-13(5-6-18-16)10-19-9-12-3-4-14-15(7-12)21-11-20-14/h3-8H,2,9-11H2,1H3,(H,17,18). The molecule has 0 amide bonds. The van der Waals surface area contributed by atoms with Crippen molar-refractivity contribution in [3.63, 3.8) is 0 Å². The first-order valence-corrected chi connectivity index (χ1v) is 7.00. The second-order valence-electron chi connectivity index (χ2n) is 4.76. The van der Waals surface area contributed by atoms with Crippen LogP contribution in [0.2, 0.25) is 0 Å². The van der Waals surface area contributed by atoms with Gasteiger partial charge in [0.2, 0.25) is 6.79 Å². The number of ether oxygens (including phenoxy) is 3. The van der Waals surface area contributed by atoms with E-state index in [1.807, 2.05) is 37.3 Å². The molecule has 2 heterocycles. The van der Waals surface area contributed by atoms with Crippen molar-refractivity contribution in [2.45, 2.75) is 20.1 Å². The summed E-state index contributed by atoms with van der Waals surface area (Å²) in [5, 5.41) is 3.19. The van der Waals surface area contributed by atoms with E-state index in [9.17, 15) is 0 Å². The Kier molecular flexibility index (Phi) is 4.21. The summed E-state index contributed by atoms with van der Waals surface area (Å²) in [4.78, 5) is 4.24. The summed E-state index contributed by atoms with van der Waals surface area (Å²) in [7, 11) is 0. The zero-order valence-corrected chi connectivity index (χ0v) is 12.0. The highest BCUT2D eigenvalue weighted by molar-refractivity contribution is 5.44. The number of hydrogen-bond acceptors (Lipinski definition) is 5. The lowest BCUT2D eigenvalue weighted by Crippen LogP contribution is -2.00. The Hall–Kier alpha value is -2.27. The van der Waals surface area contributed by atoms with Gasteiger partial charge in [0.1, 0.15) is 5.82 Å². The number of nitrogens with zero attached hydrogens (tertiary/aromatic N) is 1. The fraction of sp³-hybridized carbons (Fsp3) is 0.312. The number of pyridine rings is 1. The average Bonchev–Trinajstić information content (AvgIpc) is 2.96. The largest absolute Gasteiger partial charge is 0.454 e. The summed E-state index contributed by atoms with van der Waals surface area (Å²) in [5.41, 5.74) is 2.17. The number of fused-ring (bicyclic) bond motifs is 1. The van der Waals surface area contributed by atoms with E-state index in [-0.39, 0.29) is 0 Å². The quantitative estimate of drug-likeness (QED) is 0.884. The van der Waals surface area contributed by atoms with E-state index >= 15 is 0 Å². The maximum absolute atomic E-state index is 5.75. The molecule has 2 aromatic rings. The van der Waals surface area contributed by atoms with E-state index < -0.39 is 0 Å². The van der Waals surface area contributed by atoms with Gasteiger partial charge in [-0.3, -0.25) is 0 Å². The lowest BCUT2D eigenvalue weighted by Gasteiger charge is -2.07. The van der Waals surface area contributed by atoms with Crippen molar-refractivity contribution in [3.8, 4) is 11.5 Å². The van der Waals surface area contributed by atoms with Crippen LogP contribution in [0.1, 0.15) is 18.1 Å². The van der Waals surface area contributed by atoms with Gasteiger partial charge in [-0.15, -0.1) is 0 Å². The third-order valence-corrected chi connectivity index (χ3v) is 3.16. The number of anilines is 1. The number of rotatable bonds is 6. The number of benzene rings is 1. The van der Waals surface area contributed by atoms with Gasteiger partial charge in [-0.1, -0.05) is 6.07 Å². The molecule has 0 saturated carbocycles. The molecular formula is C16H18N2O3. The molecule has 1 aliphatic rings. The molecule has 1 aromatic heterocycles. The van der Waals surface area contributed by atoms with E-state index in [2.05, 4.69) is 10.3 Å². The summed E-state index contributed by atoms with van der Waals surface area (Å²) < 4.78 is 16.4. The first kappa shape index (κ1) is 13.7. The SMILES string of the molecule is CCNc1cc(COCc2ccc3c(c2)OCO3)ccn1. The van der Waals surface area contributed by atoms with Gasteiger partial charge in [0.05, 0.1) is 13.2 Å². The zero-order chi connectivity index (χ0) is 14.5. The zero-order valence-electron chi connectivity index (χ0n) is 12.0. The molecule has 3 rings (SSSR count). The van der Waals surface area contributed by atoms with Crippen LogP contribution in [0, 0.1) is 0 Å². The first-order chi connectivity index (χ1) is 10.3. The van der Waals surface area contributed by atoms with Crippen LogP contribution in [0.25, 0.3) is 0 Å². The predicted molar refractivity (Wildman–Crippen MR) is 79.5 cm³/mol. The van der Waals surface area contributed by atoms with Gasteiger partial charge in [-0.05, 0) is 42.3 Å². The molecule has 0 saturated heterocycles. The van der Waals surface area contributed by atoms with E-state index in [1.165, 1.54) is 0 Å². The molecule has 0 atom stereocenters. The van der Waals surface area contributed by atoms with Gasteiger partial charge in [0.15, 0.2) is 11.5 Å². The summed E-state index contributed by atoms with van der Waals surface area (Å²) in [6.45, 7) is 4.29. The number of hydrogen-bond donors (Lipinski definition) is 1. The first-order valence-electron chi connectivity index (χ1n) is 7.00. The Labute approximate surface area is 123 Å². The molecule has 0 bridgehead atoms. The third kappa shape index (κ3) is 3.44. The van der Waals surface area contributed by atoms with Gasteiger partial charge in [-0.25, -0.2) is 4.98 Å². The maximum Gasteiger partial charge on any atom is 0.231 e. The molecule has 5 heteroatoms. The van der Waals surface area contributed by atoms with Crippen molar-refractivity contribution in [2.24, 2.45) is 0 Å². The molecule has 0 aliphatic carbocycles. The monoisotopic (exact) mass is 286 g/mol. The highest BCUT2D eigenvalue weighted by atomic mass is 16.7. The second-order valence-corrected chi connectivity index (χ2v) is 4.76. The Morgan fingerprint density at radius 1 is 1.10 bits per heavy atom. The Morgan fingerprint density at radius 3 is 2.76 bits per heavy atom. The Morgan fingerprint density at radius 2 is 1.90 bits per heavy atom. The minimum atomic E-state index is 0.296. The third-order valence-electron chi connectivity index (χ3n) is 3.16. The molecule has 110 valence electrons. The lowest BCUT2D eigenvalue weighted by molar-refractivity contribution is 0.107. The van der Waals surface area contributed by atoms with Gasteiger partial charge < -0.3 is 19.5 Å². The van der Waals surface area contributed by atoms with Gasteiger partial charge in [-0.2, -0.15) is 0 Å². The topological polar surface area (TPSA) is 52.6 Å². The molecule has 1 aromatic carbocycles. The van der Waals surface area contributed by atoms with Crippen molar-refractivity contribution in [2.75, 3.05) is 18.7 Å². The van der Waals surface area contributed by atoms with Crippen molar-refractivity contribution < 1.29 is 14.2 Å². The van der Waals surface area contributed by atoms with Crippen LogP contribution in [0.3, 0.4) is 0 Å². The van der Waals surface area contributed by atoms with Crippen LogP contribution in [0.5, 0.6) is 11.5 Å². The summed E-state index contributed by atoms with van der Waals surface area (Å²) in [5.74, 6) is 2.46. The van der Waals surface area contributed by atoms with Crippen molar-refractivity contribution in [3.05, 3.63) is 47.7 Å². The second kappa shape index (κ2) is 6.45. The highest BCUT2D eigenvalue weighted by Crippen LogP contribution is 2.32. The molecule has 5 nitrogen and oxygen atoms in total. The Balaban J connectivity index is 1.55. The van der Waals surface area contributed by atoms with Gasteiger partial charge in [0, 0.05) is 12.7 Å². The average molecular weight is 286 g/mol. The van der Waals surface area contributed by atoms with Crippen LogP contribution in [0.15, 0.2) is 36.5 Å². The fourth-order valence-electron chi connectivity index (χ4n) is 2.16. The molecule has 0 fully saturated rings. The van der Waals surface area contributed by atoms with Crippen LogP contribution in [-0.4, -0.2) is 18.3 Å². The van der Waals surface area contributed by atoms with Crippen molar-refractivity contribution >= 4 is 5.82 Å². The minimum Gasteiger partial charge on any atom is -0.454 e. The molecule has 1 N–H and O–H groups in total. The molecular weight excluding hydrogens is 268 g/mol. The molecule has 0 spiro atoms. The Bertz CT molecular complexity index is 616. The van der Waals surface area contributed by atoms with Gasteiger partial charge >= 0.3 is 0 Å². The smallest absolute Gasteiger partial charge is 0.231 e. The molecule has 0 radical (unpaired) electrons. The van der Waals surface area contributed by atoms with Crippen molar-refractivity contribution in [1.29, 1.82) is 0 Å². The molecule has 0 unspecified atom stereocenters. The van der Waals surface area contributed by atoms with E-state index in [0.717, 1.165) is 35.0 Å². The molecule has 1 aliphatic heterocycles. The van der Waals surface area contributed by atoms with Crippen LogP contribution in [-0.2, 0) is 18.0 Å². The maximum atomic E-state index is 5.75. The van der Waals surface area contributed by atoms with Crippen LogP contribution >= 0.6 is 0 Å². The van der Waals surface area contributed by atoms with E-state index in [4.69, 9.17) is 14.2 Å². The van der Waals surface area contributed by atoms with Gasteiger partial charge in [0.25, 0.3) is 0 Å². The highest BCUT2D eigenvalue weighted by Gasteiger charge is 2.12. The molecule has 21 heavy (non-hydrogen) atoms. The van der Waals surface area contributed by atoms with E-state index in [1.54, 1.807) is 6.20 Å². The number of nitrogens with one attached hydrogen (secondary N) is 1. The van der Waals surface area contributed by atoms with Crippen LogP contribution in [0.4, 0.5) is 5.82 Å². The summed E-state index contributed by atoms with van der Waals surface area (Å²) >= 11 is 0. The summed E-state index contributed by atoms with van der Waals surface area (Å²) in [6.07, 6.45) is 1.79. The summed E-state index contributed by atoms with van der Waals surface area (Å²) in [6, 6.07) is 9.82. The van der Waals surface area contributed by atoms with Crippen LogP contribution < -0.4 is 14.8 Å². The predicted octanol–water partition coefficient (Wildman–Crippen LogP) is 2.96.